The van der Waals surface area contributed by atoms with E-state index in [9.17, 15) is 38.4 Å². The maximum absolute atomic E-state index is 12.2. The molecular weight excluding hydrogens is 801 g/mol. The molecule has 2 N–H and O–H groups in total. The molecule has 17 heteroatoms. The first-order valence-electron chi connectivity index (χ1n) is 17.0. The van der Waals surface area contributed by atoms with Gasteiger partial charge in [0.2, 0.25) is 10.2 Å². The molecule has 0 spiro atoms. The fourth-order valence-electron chi connectivity index (χ4n) is 4.23. The molecule has 2 aromatic carbocycles. The van der Waals surface area contributed by atoms with Gasteiger partial charge in [0.05, 0.1) is 40.3 Å². The summed E-state index contributed by atoms with van der Waals surface area (Å²) in [5, 5.41) is 16.0. The zero-order chi connectivity index (χ0) is 43.2. The van der Waals surface area contributed by atoms with Crippen molar-refractivity contribution in [2.75, 3.05) is 28.4 Å². The summed E-state index contributed by atoms with van der Waals surface area (Å²) in [4.78, 5) is 88.2. The number of aliphatic carboxylic acids is 2. The van der Waals surface area contributed by atoms with Gasteiger partial charge in [-0.05, 0) is 26.2 Å². The Morgan fingerprint density at radius 1 is 0.684 bits per heavy atom. The van der Waals surface area contributed by atoms with E-state index in [1.165, 1.54) is 28.4 Å². The fraction of sp³-hybridized carbons (Fsp3) is 0.450. The van der Waals surface area contributed by atoms with Gasteiger partial charge in [-0.25, -0.2) is 4.79 Å². The van der Waals surface area contributed by atoms with Gasteiger partial charge in [0.1, 0.15) is 0 Å². The Morgan fingerprint density at radius 2 is 1.16 bits per heavy atom. The summed E-state index contributed by atoms with van der Waals surface area (Å²) in [7, 11) is 5.22. The molecule has 0 aliphatic rings. The third-order valence-electron chi connectivity index (χ3n) is 7.47. The molecule has 0 bridgehead atoms. The monoisotopic (exact) mass is 856 g/mol. The largest absolute Gasteiger partial charge is 0.481 e. The van der Waals surface area contributed by atoms with Crippen LogP contribution in [0.5, 0.6) is 0 Å². The van der Waals surface area contributed by atoms with Gasteiger partial charge in [-0.3, -0.25) is 33.6 Å². The van der Waals surface area contributed by atoms with Crippen molar-refractivity contribution >= 4 is 83.1 Å². The highest BCUT2D eigenvalue weighted by Crippen LogP contribution is 2.28. The predicted octanol–water partition coefficient (Wildman–Crippen LogP) is 7.01. The number of allylic oxidation sites excluding steroid dienone is 1. The summed E-state index contributed by atoms with van der Waals surface area (Å²) in [6.07, 6.45) is 2.60. The summed E-state index contributed by atoms with van der Waals surface area (Å²) < 4.78 is 18.3. The Kier molecular flexibility index (Phi) is 33.4. The average molecular weight is 857 g/mol. The standard InChI is InChI=1S/C16H20O5S.C9H14O4.C7H12O4S.C7H6OS.CH4/c1-11(22-16(19)12-7-5-4-6-8-12)13(15(18)21-3)9-10-14(17)20-2;1-4-7(9(11)13-3)5-6-8(10)12-2;1-4(12)5(7(10)11)2-3-6(8)9;8-7(9)6-4-2-1-3-5-6;/h4-8,11,13H,9-10H2,1-3H3;4H,5-6H2,1-3H3;4-5,12H,2-3H2,1H3,(H,8,9)(H,10,11);1-5H,(H,8,9);1H4/b;7-4-;;;. The van der Waals surface area contributed by atoms with Crippen molar-refractivity contribution in [2.24, 2.45) is 11.8 Å². The Morgan fingerprint density at radius 3 is 1.53 bits per heavy atom. The quantitative estimate of drug-likeness (QED) is 0.0545. The van der Waals surface area contributed by atoms with Gasteiger partial charge in [0.25, 0.3) is 0 Å². The van der Waals surface area contributed by atoms with Gasteiger partial charge in [-0.2, -0.15) is 12.6 Å². The summed E-state index contributed by atoms with van der Waals surface area (Å²) in [5.41, 5.74) is 1.71. The molecule has 0 amide bonds. The molecule has 0 aromatic heterocycles. The molecular formula is C40H56O14S3. The molecule has 318 valence electrons. The third-order valence-corrected chi connectivity index (χ3v) is 9.24. The molecule has 0 fully saturated rings. The molecule has 2 aromatic rings. The number of carbonyl (C=O) groups is 8. The van der Waals surface area contributed by atoms with E-state index in [0.717, 1.165) is 11.8 Å². The third kappa shape index (κ3) is 26.8. The van der Waals surface area contributed by atoms with Crippen LogP contribution >= 0.6 is 37.0 Å². The minimum atomic E-state index is -0.987. The van der Waals surface area contributed by atoms with Crippen molar-refractivity contribution in [3.8, 4) is 0 Å². The van der Waals surface area contributed by atoms with Crippen molar-refractivity contribution < 1.29 is 67.5 Å². The SMILES string of the molecule is C.C/C=C(/CCC(=O)OC)C(=O)OC.CC(S)C(CCC(=O)O)C(=O)O.COC(=O)CCC(C(=O)OC)C(C)SC(=O)c1ccccc1.O=C(S)c1ccccc1. The zero-order valence-electron chi connectivity index (χ0n) is 32.5. The number of methoxy groups -OCH3 is 4. The van der Waals surface area contributed by atoms with Crippen LogP contribution in [0.25, 0.3) is 0 Å². The van der Waals surface area contributed by atoms with E-state index in [1.807, 2.05) is 24.3 Å². The van der Waals surface area contributed by atoms with Crippen LogP contribution in [0.15, 0.2) is 72.3 Å². The van der Waals surface area contributed by atoms with Crippen LogP contribution < -0.4 is 0 Å². The number of carboxylic acids is 2. The first-order chi connectivity index (χ1) is 26.4. The molecule has 2 rings (SSSR count). The van der Waals surface area contributed by atoms with Crippen LogP contribution in [0.1, 0.15) is 87.4 Å². The number of rotatable bonds is 17. The van der Waals surface area contributed by atoms with Crippen molar-refractivity contribution in [2.45, 2.75) is 77.2 Å². The van der Waals surface area contributed by atoms with Gasteiger partial charge in [0.15, 0.2) is 0 Å². The number of carbonyl (C=O) groups excluding carboxylic acids is 6. The van der Waals surface area contributed by atoms with Crippen LogP contribution in [0.4, 0.5) is 0 Å². The second kappa shape index (κ2) is 33.5. The Hall–Kier alpha value is -4.61. The maximum atomic E-state index is 12.2. The van der Waals surface area contributed by atoms with E-state index in [-0.39, 0.29) is 72.2 Å². The van der Waals surface area contributed by atoms with Gasteiger partial charge in [-0.1, -0.05) is 99.8 Å². The highest BCUT2D eigenvalue weighted by atomic mass is 32.2. The fourth-order valence-corrected chi connectivity index (χ4v) is 5.68. The maximum Gasteiger partial charge on any atom is 0.333 e. The highest BCUT2D eigenvalue weighted by Gasteiger charge is 2.29. The van der Waals surface area contributed by atoms with Gasteiger partial charge >= 0.3 is 35.8 Å². The minimum absolute atomic E-state index is 0. The molecule has 57 heavy (non-hydrogen) atoms. The first-order valence-corrected chi connectivity index (χ1v) is 18.9. The average Bonchev–Trinajstić information content (AvgIpc) is 3.18. The molecule has 4 atom stereocenters. The molecule has 4 unspecified atom stereocenters. The summed E-state index contributed by atoms with van der Waals surface area (Å²) in [6.45, 7) is 5.15. The Bertz CT molecular complexity index is 1560. The van der Waals surface area contributed by atoms with Crippen molar-refractivity contribution in [3.63, 3.8) is 0 Å². The molecule has 0 heterocycles. The topological polar surface area (TPSA) is 214 Å². The normalized spacial score (nSPS) is 12.1. The number of thioether (sulfide) groups is 1. The van der Waals surface area contributed by atoms with Crippen molar-refractivity contribution in [1.82, 2.24) is 0 Å². The minimum Gasteiger partial charge on any atom is -0.481 e. The van der Waals surface area contributed by atoms with E-state index < -0.39 is 35.7 Å². The van der Waals surface area contributed by atoms with E-state index in [2.05, 4.69) is 39.5 Å². The summed E-state index contributed by atoms with van der Waals surface area (Å²) >= 11 is 8.68. The lowest BCUT2D eigenvalue weighted by Crippen LogP contribution is -2.27. The molecule has 0 saturated carbocycles. The molecule has 14 nitrogen and oxygen atoms in total. The number of benzene rings is 2. The number of esters is 4. The predicted molar refractivity (Wildman–Crippen MR) is 225 cm³/mol. The van der Waals surface area contributed by atoms with Crippen molar-refractivity contribution in [1.29, 1.82) is 0 Å². The number of hydrogen-bond donors (Lipinski definition) is 4. The molecule has 0 saturated heterocycles. The Labute approximate surface area is 350 Å². The molecule has 0 aliphatic carbocycles. The van der Waals surface area contributed by atoms with E-state index in [4.69, 9.17) is 14.9 Å². The smallest absolute Gasteiger partial charge is 0.333 e. The van der Waals surface area contributed by atoms with Crippen LogP contribution in [0, 0.1) is 11.8 Å². The highest BCUT2D eigenvalue weighted by molar-refractivity contribution is 8.14. The summed E-state index contributed by atoms with van der Waals surface area (Å²) in [5.74, 6) is -4.72. The first kappa shape index (κ1) is 56.7. The Balaban J connectivity index is -0.000000720. The van der Waals surface area contributed by atoms with Crippen LogP contribution in [-0.2, 0) is 47.7 Å². The van der Waals surface area contributed by atoms with E-state index in [0.29, 0.717) is 23.1 Å². The number of carboxylic acid groups (broad SMARTS) is 2. The van der Waals surface area contributed by atoms with Crippen LogP contribution in [0.2, 0.25) is 0 Å². The lowest BCUT2D eigenvalue weighted by Gasteiger charge is -2.20. The van der Waals surface area contributed by atoms with Gasteiger partial charge in [0, 0.05) is 46.5 Å². The van der Waals surface area contributed by atoms with Crippen LogP contribution in [-0.4, -0.2) is 95.2 Å². The van der Waals surface area contributed by atoms with Gasteiger partial charge in [-0.15, -0.1) is 12.6 Å². The van der Waals surface area contributed by atoms with E-state index >= 15 is 0 Å². The van der Waals surface area contributed by atoms with Crippen molar-refractivity contribution in [3.05, 3.63) is 83.4 Å². The lowest BCUT2D eigenvalue weighted by atomic mass is 10.00. The van der Waals surface area contributed by atoms with E-state index in [1.54, 1.807) is 63.2 Å². The number of hydrogen-bond acceptors (Lipinski definition) is 14. The van der Waals surface area contributed by atoms with Crippen LogP contribution in [0.3, 0.4) is 0 Å². The molecule has 0 aliphatic heterocycles. The number of thiol groups is 2. The zero-order valence-corrected chi connectivity index (χ0v) is 35.1. The second-order valence-corrected chi connectivity index (χ2v) is 14.0. The lowest BCUT2D eigenvalue weighted by molar-refractivity contribution is -0.147. The number of ether oxygens (including phenoxy) is 4. The molecule has 0 radical (unpaired) electrons. The second-order valence-electron chi connectivity index (χ2n) is 11.4. The summed E-state index contributed by atoms with van der Waals surface area (Å²) in [6, 6.07) is 17.8. The van der Waals surface area contributed by atoms with Gasteiger partial charge < -0.3 is 29.2 Å².